The maximum absolute atomic E-state index is 13.3. The number of thioether (sulfide) groups is 1. The van der Waals surface area contributed by atoms with Crippen LogP contribution in [0.4, 0.5) is 5.69 Å². The van der Waals surface area contributed by atoms with Crippen LogP contribution in [0.3, 0.4) is 0 Å². The second-order valence-corrected chi connectivity index (χ2v) is 13.1. The molecule has 0 saturated heterocycles. The molecule has 6 aromatic rings. The second-order valence-electron chi connectivity index (χ2n) is 12.0. The quantitative estimate of drug-likeness (QED) is 0.242. The average molecular weight is 568 g/mol. The van der Waals surface area contributed by atoms with E-state index in [1.165, 1.54) is 17.3 Å². The van der Waals surface area contributed by atoms with Gasteiger partial charge in [-0.2, -0.15) is 5.21 Å². The zero-order valence-corrected chi connectivity index (χ0v) is 24.9. The number of fused-ring (bicyclic) bond motifs is 4. The number of para-hydroxylation sites is 1. The van der Waals surface area contributed by atoms with Crippen molar-refractivity contribution in [1.29, 1.82) is 0 Å². The van der Waals surface area contributed by atoms with Crippen LogP contribution in [0.25, 0.3) is 17.0 Å². The number of carbonyl (C=O) groups is 1. The Labute approximate surface area is 243 Å². The molecule has 0 aliphatic carbocycles. The molecule has 41 heavy (non-hydrogen) atoms. The van der Waals surface area contributed by atoms with Crippen molar-refractivity contribution in [3.63, 3.8) is 0 Å². The van der Waals surface area contributed by atoms with Crippen LogP contribution in [0.2, 0.25) is 0 Å². The zero-order valence-electron chi connectivity index (χ0n) is 24.1. The van der Waals surface area contributed by atoms with Crippen molar-refractivity contribution in [3.8, 4) is 0 Å². The molecule has 210 valence electrons. The largest absolute Gasteiger partial charge is 0.423 e. The van der Waals surface area contributed by atoms with Gasteiger partial charge < -0.3 is 4.42 Å². The van der Waals surface area contributed by atoms with Crippen LogP contribution in [0.1, 0.15) is 64.1 Å². The first-order chi connectivity index (χ1) is 19.4. The number of rotatable bonds is 3. The van der Waals surface area contributed by atoms with E-state index in [0.717, 1.165) is 21.7 Å². The summed E-state index contributed by atoms with van der Waals surface area (Å²) in [6.45, 7) is 13.1. The molecule has 8 nitrogen and oxygen atoms in total. The molecule has 1 aliphatic heterocycles. The lowest BCUT2D eigenvalue weighted by Gasteiger charge is -2.29. The smallest absolute Gasteiger partial charge is 0.343 e. The fourth-order valence-electron chi connectivity index (χ4n) is 4.55. The molecule has 7 rings (SSSR count). The Kier molecular flexibility index (Phi) is 7.57. The van der Waals surface area contributed by atoms with Gasteiger partial charge in [0.1, 0.15) is 5.58 Å². The summed E-state index contributed by atoms with van der Waals surface area (Å²) in [7, 11) is 0. The number of nitrogens with zero attached hydrogens (tertiary/aromatic N) is 4. The van der Waals surface area contributed by atoms with Crippen molar-refractivity contribution < 1.29 is 9.21 Å². The van der Waals surface area contributed by atoms with Gasteiger partial charge in [-0.1, -0.05) is 94.9 Å². The average Bonchev–Trinajstić information content (AvgIpc) is 3.44. The van der Waals surface area contributed by atoms with Gasteiger partial charge in [-0.25, -0.2) is 4.79 Å². The number of benzene rings is 3. The van der Waals surface area contributed by atoms with Gasteiger partial charge in [-0.05, 0) is 58.4 Å². The third-order valence-electron chi connectivity index (χ3n) is 6.80. The molecule has 3 aromatic heterocycles. The summed E-state index contributed by atoms with van der Waals surface area (Å²) in [4.78, 5) is 27.8. The first-order valence-corrected chi connectivity index (χ1v) is 14.2. The monoisotopic (exact) mass is 567 g/mol. The standard InChI is InChI=1S/C21H21N5OS.C11H12O2/c1-21(2,3)15-8-6-7-14(11-15)12-18-20(27)26(13-19-22-24-25-23-19)16-9-4-5-10-17(16)28-18;1-11(2,3)8-6-7-4-5-9(8)13-10(7)12/h4-12H,13H2,1-3H3,(H,22,23,24,25);4-6H,1-3H3. The lowest BCUT2D eigenvalue weighted by Crippen LogP contribution is -2.34. The van der Waals surface area contributed by atoms with Gasteiger partial charge in [0.2, 0.25) is 0 Å². The molecular formula is C32H33N5O3S. The van der Waals surface area contributed by atoms with E-state index in [9.17, 15) is 9.59 Å². The Morgan fingerprint density at radius 1 is 0.927 bits per heavy atom. The molecule has 0 unspecified atom stereocenters. The summed E-state index contributed by atoms with van der Waals surface area (Å²) < 4.78 is 5.11. The summed E-state index contributed by atoms with van der Waals surface area (Å²) in [5.74, 6) is 0.416. The normalized spacial score (nSPS) is 14.7. The minimum Gasteiger partial charge on any atom is -0.423 e. The molecule has 0 atom stereocenters. The van der Waals surface area contributed by atoms with Gasteiger partial charge >= 0.3 is 5.63 Å². The number of amides is 1. The minimum atomic E-state index is -0.231. The lowest BCUT2D eigenvalue weighted by molar-refractivity contribution is -0.114. The van der Waals surface area contributed by atoms with Crippen LogP contribution in [-0.4, -0.2) is 26.5 Å². The highest BCUT2D eigenvalue weighted by molar-refractivity contribution is 8.04. The molecule has 9 heteroatoms. The van der Waals surface area contributed by atoms with Gasteiger partial charge in [0.15, 0.2) is 5.82 Å². The van der Waals surface area contributed by atoms with Crippen LogP contribution in [0.5, 0.6) is 0 Å². The van der Waals surface area contributed by atoms with Crippen molar-refractivity contribution in [1.82, 2.24) is 20.6 Å². The molecule has 0 saturated carbocycles. The number of H-pyrrole nitrogens is 1. The van der Waals surface area contributed by atoms with Crippen molar-refractivity contribution in [2.24, 2.45) is 0 Å². The summed E-state index contributed by atoms with van der Waals surface area (Å²) in [5.41, 5.74) is 4.77. The molecule has 2 bridgehead atoms. The Bertz CT molecular complexity index is 1760. The van der Waals surface area contributed by atoms with Crippen molar-refractivity contribution in [2.45, 2.75) is 63.8 Å². The maximum Gasteiger partial charge on any atom is 0.343 e. The first-order valence-electron chi connectivity index (χ1n) is 13.4. The summed E-state index contributed by atoms with van der Waals surface area (Å²) in [6, 6.07) is 21.8. The van der Waals surface area contributed by atoms with E-state index < -0.39 is 0 Å². The number of carbonyl (C=O) groups excluding carboxylic acids is 1. The molecule has 0 spiro atoms. The number of hydrogen-bond acceptors (Lipinski definition) is 7. The lowest BCUT2D eigenvalue weighted by atomic mass is 9.86. The summed E-state index contributed by atoms with van der Waals surface area (Å²) in [6.07, 6.45) is 1.96. The van der Waals surface area contributed by atoms with E-state index in [2.05, 4.69) is 74.3 Å². The fourth-order valence-corrected chi connectivity index (χ4v) is 5.61. The van der Waals surface area contributed by atoms with E-state index in [1.807, 2.05) is 54.6 Å². The number of nitrogens with one attached hydrogen (secondary N) is 1. The Morgan fingerprint density at radius 3 is 2.34 bits per heavy atom. The number of anilines is 1. The van der Waals surface area contributed by atoms with E-state index in [4.69, 9.17) is 4.42 Å². The Morgan fingerprint density at radius 2 is 1.71 bits per heavy atom. The molecule has 3 aromatic carbocycles. The van der Waals surface area contributed by atoms with Crippen LogP contribution >= 0.6 is 11.8 Å². The predicted molar refractivity (Wildman–Crippen MR) is 163 cm³/mol. The Hall–Kier alpha value is -4.24. The summed E-state index contributed by atoms with van der Waals surface area (Å²) in [5, 5.41) is 14.7. The first kappa shape index (κ1) is 28.3. The van der Waals surface area contributed by atoms with Gasteiger partial charge in [-0.3, -0.25) is 9.69 Å². The minimum absolute atomic E-state index is 0.0338. The van der Waals surface area contributed by atoms with E-state index in [0.29, 0.717) is 21.7 Å². The van der Waals surface area contributed by atoms with Crippen LogP contribution in [-0.2, 0) is 22.2 Å². The predicted octanol–water partition coefficient (Wildman–Crippen LogP) is 6.71. The molecule has 1 aliphatic rings. The Balaban J connectivity index is 0.000000216. The van der Waals surface area contributed by atoms with Gasteiger partial charge in [0, 0.05) is 10.5 Å². The van der Waals surface area contributed by atoms with Crippen molar-refractivity contribution in [2.75, 3.05) is 4.90 Å². The number of aromatic nitrogens is 4. The van der Waals surface area contributed by atoms with E-state index in [1.54, 1.807) is 11.0 Å². The van der Waals surface area contributed by atoms with Crippen molar-refractivity contribution in [3.05, 3.63) is 105 Å². The number of aromatic amines is 1. The molecule has 1 N–H and O–H groups in total. The highest BCUT2D eigenvalue weighted by Crippen LogP contribution is 2.42. The SMILES string of the molecule is CC(C)(C)c1cc2ccc1oc2=O.CC(C)(C)c1cccc(C=C2Sc3ccccc3N(Cc3nn[nH]n3)C2=O)c1. The van der Waals surface area contributed by atoms with E-state index in [-0.39, 0.29) is 28.9 Å². The molecule has 0 radical (unpaired) electrons. The molecule has 1 amide bonds. The summed E-state index contributed by atoms with van der Waals surface area (Å²) >= 11 is 1.50. The van der Waals surface area contributed by atoms with Gasteiger partial charge in [-0.15, -0.1) is 10.2 Å². The second kappa shape index (κ2) is 11.0. The third kappa shape index (κ3) is 6.25. The van der Waals surface area contributed by atoms with Crippen LogP contribution in [0, 0.1) is 0 Å². The van der Waals surface area contributed by atoms with Gasteiger partial charge in [0.05, 0.1) is 22.5 Å². The zero-order chi connectivity index (χ0) is 29.4. The molecular weight excluding hydrogens is 534 g/mol. The van der Waals surface area contributed by atoms with Crippen molar-refractivity contribution >= 4 is 40.4 Å². The highest BCUT2D eigenvalue weighted by Gasteiger charge is 2.30. The van der Waals surface area contributed by atoms with Crippen LogP contribution in [0.15, 0.2) is 85.7 Å². The fraction of sp³-hybridized carbons (Fsp3) is 0.281. The highest BCUT2D eigenvalue weighted by atomic mass is 32.2. The third-order valence-corrected chi connectivity index (χ3v) is 7.87. The number of hydrogen-bond donors (Lipinski definition) is 1. The molecule has 0 fully saturated rings. The van der Waals surface area contributed by atoms with Gasteiger partial charge in [0.25, 0.3) is 5.91 Å². The molecule has 4 heterocycles. The topological polar surface area (TPSA) is 105 Å². The van der Waals surface area contributed by atoms with E-state index >= 15 is 0 Å². The number of tetrazole rings is 1. The maximum atomic E-state index is 13.3. The van der Waals surface area contributed by atoms with Crippen LogP contribution < -0.4 is 10.5 Å².